The van der Waals surface area contributed by atoms with Gasteiger partial charge in [0.1, 0.15) is 11.5 Å². The van der Waals surface area contributed by atoms with Crippen molar-refractivity contribution in [2.75, 3.05) is 7.11 Å². The molecule has 0 aromatic heterocycles. The molecule has 0 bridgehead atoms. The number of benzene rings is 4. The van der Waals surface area contributed by atoms with Gasteiger partial charge in [-0.25, -0.2) is 0 Å². The van der Waals surface area contributed by atoms with E-state index in [4.69, 9.17) is 9.47 Å². The minimum absolute atomic E-state index is 0.270. The Morgan fingerprint density at radius 2 is 1.17 bits per heavy atom. The van der Waals surface area contributed by atoms with E-state index in [0.29, 0.717) is 5.75 Å². The average Bonchev–Trinajstić information content (AvgIpc) is 2.72. The van der Waals surface area contributed by atoms with Crippen LogP contribution in [0.3, 0.4) is 0 Å². The van der Waals surface area contributed by atoms with E-state index in [1.165, 1.54) is 0 Å². The molecule has 4 aromatic carbocycles. The van der Waals surface area contributed by atoms with Crippen molar-refractivity contribution in [2.45, 2.75) is 20.8 Å². The van der Waals surface area contributed by atoms with Gasteiger partial charge in [-0.3, -0.25) is 4.79 Å². The van der Waals surface area contributed by atoms with Crippen LogP contribution < -0.4 is 9.47 Å². The Bertz CT molecular complexity index is 1220. The SMILES string of the molecule is COc1ccc2ccccc2c1-c1c(OC(=O)C(C)(C)C)ccc2ccccc12. The third-order valence-electron chi connectivity index (χ3n) is 5.07. The normalized spacial score (nSPS) is 11.6. The molecule has 0 saturated heterocycles. The molecular weight excluding hydrogens is 360 g/mol. The fourth-order valence-corrected chi connectivity index (χ4v) is 3.53. The van der Waals surface area contributed by atoms with Crippen LogP contribution in [0.4, 0.5) is 0 Å². The highest BCUT2D eigenvalue weighted by molar-refractivity contribution is 6.10. The van der Waals surface area contributed by atoms with Crippen molar-refractivity contribution in [3.05, 3.63) is 72.8 Å². The standard InChI is InChI=1S/C26H24O3/c1-26(2,3)25(27)29-22-16-14-18-10-6-8-12-20(18)24(22)23-19-11-7-5-9-17(19)13-15-21(23)28-4/h5-16H,1-4H3. The lowest BCUT2D eigenvalue weighted by molar-refractivity contribution is -0.142. The molecule has 3 heteroatoms. The van der Waals surface area contributed by atoms with Crippen molar-refractivity contribution in [3.63, 3.8) is 0 Å². The molecule has 29 heavy (non-hydrogen) atoms. The van der Waals surface area contributed by atoms with Crippen molar-refractivity contribution in [3.8, 4) is 22.6 Å². The lowest BCUT2D eigenvalue weighted by Gasteiger charge is -2.21. The van der Waals surface area contributed by atoms with Crippen LogP contribution in [-0.2, 0) is 4.79 Å². The number of ether oxygens (including phenoxy) is 2. The van der Waals surface area contributed by atoms with Gasteiger partial charge in [0.25, 0.3) is 0 Å². The summed E-state index contributed by atoms with van der Waals surface area (Å²) in [5.41, 5.74) is 1.19. The van der Waals surface area contributed by atoms with Crippen LogP contribution in [0.5, 0.6) is 11.5 Å². The molecule has 146 valence electrons. The third-order valence-corrected chi connectivity index (χ3v) is 5.07. The molecule has 0 N–H and O–H groups in total. The molecule has 0 atom stereocenters. The fraction of sp³-hybridized carbons (Fsp3) is 0.192. The maximum absolute atomic E-state index is 12.7. The van der Waals surface area contributed by atoms with E-state index in [2.05, 4.69) is 24.3 Å². The monoisotopic (exact) mass is 384 g/mol. The lowest BCUT2D eigenvalue weighted by Crippen LogP contribution is -2.25. The van der Waals surface area contributed by atoms with E-state index in [9.17, 15) is 4.79 Å². The molecule has 0 aliphatic heterocycles. The van der Waals surface area contributed by atoms with E-state index < -0.39 is 5.41 Å². The topological polar surface area (TPSA) is 35.5 Å². The van der Waals surface area contributed by atoms with Gasteiger partial charge in [-0.05, 0) is 54.4 Å². The van der Waals surface area contributed by atoms with Gasteiger partial charge in [-0.2, -0.15) is 0 Å². The van der Waals surface area contributed by atoms with Crippen molar-refractivity contribution in [1.29, 1.82) is 0 Å². The fourth-order valence-electron chi connectivity index (χ4n) is 3.53. The zero-order valence-corrected chi connectivity index (χ0v) is 17.2. The Hall–Kier alpha value is -3.33. The van der Waals surface area contributed by atoms with Crippen LogP contribution in [0, 0.1) is 5.41 Å². The largest absolute Gasteiger partial charge is 0.496 e. The first-order valence-corrected chi connectivity index (χ1v) is 9.70. The van der Waals surface area contributed by atoms with Gasteiger partial charge in [0.15, 0.2) is 0 Å². The van der Waals surface area contributed by atoms with E-state index in [1.807, 2.05) is 69.3 Å². The van der Waals surface area contributed by atoms with Gasteiger partial charge >= 0.3 is 5.97 Å². The Labute approximate surface area is 170 Å². The first kappa shape index (κ1) is 19.0. The zero-order chi connectivity index (χ0) is 20.6. The molecule has 0 radical (unpaired) electrons. The maximum atomic E-state index is 12.7. The summed E-state index contributed by atoms with van der Waals surface area (Å²) in [5, 5.41) is 4.25. The number of hydrogen-bond donors (Lipinski definition) is 0. The lowest BCUT2D eigenvalue weighted by atomic mass is 9.92. The van der Waals surface area contributed by atoms with Crippen LogP contribution in [0.15, 0.2) is 72.8 Å². The molecule has 4 rings (SSSR count). The predicted molar refractivity (Wildman–Crippen MR) is 119 cm³/mol. The highest BCUT2D eigenvalue weighted by atomic mass is 16.5. The second kappa shape index (κ2) is 7.25. The van der Waals surface area contributed by atoms with Gasteiger partial charge in [0.2, 0.25) is 0 Å². The number of esters is 1. The summed E-state index contributed by atoms with van der Waals surface area (Å²) in [5.74, 6) is 1.01. The summed E-state index contributed by atoms with van der Waals surface area (Å²) in [6.45, 7) is 5.57. The molecule has 3 nitrogen and oxygen atoms in total. The number of fused-ring (bicyclic) bond motifs is 2. The van der Waals surface area contributed by atoms with Crippen LogP contribution in [0.2, 0.25) is 0 Å². The molecule has 0 heterocycles. The second-order valence-electron chi connectivity index (χ2n) is 8.16. The predicted octanol–water partition coefficient (Wildman–Crippen LogP) is 6.62. The van der Waals surface area contributed by atoms with Crippen LogP contribution >= 0.6 is 0 Å². The molecule has 0 fully saturated rings. The van der Waals surface area contributed by atoms with E-state index in [0.717, 1.165) is 38.4 Å². The number of methoxy groups -OCH3 is 1. The zero-order valence-electron chi connectivity index (χ0n) is 17.2. The molecule has 0 aliphatic rings. The van der Waals surface area contributed by atoms with Crippen molar-refractivity contribution < 1.29 is 14.3 Å². The summed E-state index contributed by atoms with van der Waals surface area (Å²) in [6.07, 6.45) is 0. The maximum Gasteiger partial charge on any atom is 0.316 e. The Balaban J connectivity index is 2.09. The highest BCUT2D eigenvalue weighted by Crippen LogP contribution is 2.45. The highest BCUT2D eigenvalue weighted by Gasteiger charge is 2.26. The van der Waals surface area contributed by atoms with Gasteiger partial charge < -0.3 is 9.47 Å². The minimum Gasteiger partial charge on any atom is -0.496 e. The summed E-state index contributed by atoms with van der Waals surface area (Å²) in [7, 11) is 1.67. The van der Waals surface area contributed by atoms with Gasteiger partial charge in [-0.15, -0.1) is 0 Å². The van der Waals surface area contributed by atoms with Crippen molar-refractivity contribution in [1.82, 2.24) is 0 Å². The molecule has 0 unspecified atom stereocenters. The van der Waals surface area contributed by atoms with Crippen molar-refractivity contribution in [2.24, 2.45) is 5.41 Å². The molecular formula is C26H24O3. The van der Waals surface area contributed by atoms with Crippen LogP contribution in [0.25, 0.3) is 32.7 Å². The number of carbonyl (C=O) groups is 1. The molecule has 0 amide bonds. The first-order chi connectivity index (χ1) is 13.9. The summed E-state index contributed by atoms with van der Waals surface area (Å²) >= 11 is 0. The number of hydrogen-bond acceptors (Lipinski definition) is 3. The van der Waals surface area contributed by atoms with Gasteiger partial charge in [0, 0.05) is 11.1 Å². The van der Waals surface area contributed by atoms with Crippen LogP contribution in [0.1, 0.15) is 20.8 Å². The molecule has 0 aliphatic carbocycles. The smallest absolute Gasteiger partial charge is 0.316 e. The Kier molecular flexibility index (Phi) is 4.75. The van der Waals surface area contributed by atoms with E-state index in [-0.39, 0.29) is 5.97 Å². The van der Waals surface area contributed by atoms with Crippen LogP contribution in [-0.4, -0.2) is 13.1 Å². The molecule has 0 saturated carbocycles. The second-order valence-corrected chi connectivity index (χ2v) is 8.16. The summed E-state index contributed by atoms with van der Waals surface area (Å²) in [4.78, 5) is 12.7. The number of carbonyl (C=O) groups excluding carboxylic acids is 1. The Morgan fingerprint density at radius 1 is 0.690 bits per heavy atom. The first-order valence-electron chi connectivity index (χ1n) is 9.70. The molecule has 0 spiro atoms. The molecule has 4 aromatic rings. The van der Waals surface area contributed by atoms with E-state index >= 15 is 0 Å². The van der Waals surface area contributed by atoms with E-state index in [1.54, 1.807) is 7.11 Å². The average molecular weight is 384 g/mol. The number of rotatable bonds is 3. The summed E-state index contributed by atoms with van der Waals surface area (Å²) < 4.78 is 11.7. The minimum atomic E-state index is -0.605. The third kappa shape index (κ3) is 3.44. The van der Waals surface area contributed by atoms with Crippen molar-refractivity contribution >= 4 is 27.5 Å². The van der Waals surface area contributed by atoms with Gasteiger partial charge in [-0.1, -0.05) is 60.7 Å². The quantitative estimate of drug-likeness (QED) is 0.294. The summed E-state index contributed by atoms with van der Waals surface area (Å²) in [6, 6.07) is 24.2. The Morgan fingerprint density at radius 3 is 1.69 bits per heavy atom. The van der Waals surface area contributed by atoms with Gasteiger partial charge in [0.05, 0.1) is 12.5 Å².